The second kappa shape index (κ2) is 5.11. The van der Waals surface area contributed by atoms with Crippen LogP contribution >= 0.6 is 25.3 Å². The summed E-state index contributed by atoms with van der Waals surface area (Å²) in [7, 11) is -2.11. The van der Waals surface area contributed by atoms with Crippen molar-refractivity contribution in [1.82, 2.24) is 0 Å². The van der Waals surface area contributed by atoms with Gasteiger partial charge in [0.25, 0.3) is 0 Å². The van der Waals surface area contributed by atoms with E-state index in [0.29, 0.717) is 11.5 Å². The quantitative estimate of drug-likeness (QED) is 0.537. The van der Waals surface area contributed by atoms with Crippen molar-refractivity contribution in [2.45, 2.75) is 13.3 Å². The monoisotopic (exact) mass is 212 g/mol. The Morgan fingerprint density at radius 2 is 1.82 bits per heavy atom. The lowest BCUT2D eigenvalue weighted by atomic mass is 9.93. The highest BCUT2D eigenvalue weighted by molar-refractivity contribution is 7.81. The van der Waals surface area contributed by atoms with E-state index in [9.17, 15) is 8.42 Å². The number of thiol groups is 2. The van der Waals surface area contributed by atoms with Crippen molar-refractivity contribution >= 4 is 40.9 Å². The summed E-state index contributed by atoms with van der Waals surface area (Å²) < 4.78 is 20.7. The molecule has 5 heteroatoms. The van der Waals surface area contributed by atoms with E-state index in [2.05, 4.69) is 25.3 Å². The maximum absolute atomic E-state index is 10.4. The zero-order valence-corrected chi connectivity index (χ0v) is 8.92. The van der Waals surface area contributed by atoms with Crippen LogP contribution in [0.5, 0.6) is 0 Å². The van der Waals surface area contributed by atoms with Crippen LogP contribution in [-0.2, 0) is 10.3 Å². The molecular formula is C6H12O2S3. The zero-order chi connectivity index (χ0) is 8.91. The Kier molecular flexibility index (Phi) is 5.29. The summed E-state index contributed by atoms with van der Waals surface area (Å²) >= 11 is 8.17. The Balaban J connectivity index is 4.70. The van der Waals surface area contributed by atoms with Gasteiger partial charge in [0.15, 0.2) is 0 Å². The standard InChI is InChI=1S/C6H12O2S3/c1-2-6(3-9,4-10)5-11(7)8/h5,9-10H,2-4H2,1H3. The van der Waals surface area contributed by atoms with Gasteiger partial charge in [-0.15, -0.1) is 0 Å². The van der Waals surface area contributed by atoms with Gasteiger partial charge in [0.05, 0.1) is 0 Å². The first-order valence-electron chi connectivity index (χ1n) is 3.26. The van der Waals surface area contributed by atoms with Gasteiger partial charge in [0, 0.05) is 22.3 Å². The Labute approximate surface area is 79.7 Å². The molecule has 0 unspecified atom stereocenters. The van der Waals surface area contributed by atoms with Crippen molar-refractivity contribution in [3.8, 4) is 0 Å². The molecule has 0 bridgehead atoms. The topological polar surface area (TPSA) is 34.1 Å². The first-order chi connectivity index (χ1) is 5.10. The summed E-state index contributed by atoms with van der Waals surface area (Å²) in [5.74, 6) is 1.03. The third kappa shape index (κ3) is 3.53. The van der Waals surface area contributed by atoms with Crippen LogP contribution in [-0.4, -0.2) is 25.3 Å². The van der Waals surface area contributed by atoms with Crippen LogP contribution in [0.25, 0.3) is 0 Å². The highest BCUT2D eigenvalue weighted by atomic mass is 32.2. The van der Waals surface area contributed by atoms with Crippen LogP contribution in [0.4, 0.5) is 0 Å². The predicted octanol–water partition coefficient (Wildman–Crippen LogP) is 0.924. The molecule has 0 radical (unpaired) electrons. The van der Waals surface area contributed by atoms with Gasteiger partial charge >= 0.3 is 0 Å². The molecule has 0 aliphatic carbocycles. The van der Waals surface area contributed by atoms with Gasteiger partial charge in [-0.05, 0) is 6.42 Å². The Morgan fingerprint density at radius 3 is 1.91 bits per heavy atom. The lowest BCUT2D eigenvalue weighted by Gasteiger charge is -2.22. The summed E-state index contributed by atoms with van der Waals surface area (Å²) in [4.78, 5) is 0. The highest BCUT2D eigenvalue weighted by Crippen LogP contribution is 2.22. The van der Waals surface area contributed by atoms with E-state index in [-0.39, 0.29) is 5.41 Å². The largest absolute Gasteiger partial charge is 0.210 e. The van der Waals surface area contributed by atoms with Crippen LogP contribution in [0.15, 0.2) is 0 Å². The fourth-order valence-corrected chi connectivity index (χ4v) is 2.65. The van der Waals surface area contributed by atoms with Crippen molar-refractivity contribution in [1.29, 1.82) is 0 Å². The molecule has 2 nitrogen and oxygen atoms in total. The van der Waals surface area contributed by atoms with Crippen LogP contribution in [0.1, 0.15) is 13.3 Å². The van der Waals surface area contributed by atoms with Gasteiger partial charge in [-0.1, -0.05) is 6.92 Å². The molecule has 11 heavy (non-hydrogen) atoms. The van der Waals surface area contributed by atoms with E-state index in [1.165, 1.54) is 5.37 Å². The fraction of sp³-hybridized carbons (Fsp3) is 0.833. The molecule has 0 spiro atoms. The van der Waals surface area contributed by atoms with Crippen molar-refractivity contribution in [3.05, 3.63) is 0 Å². The van der Waals surface area contributed by atoms with E-state index in [1.54, 1.807) is 0 Å². The molecule has 0 amide bonds. The molecule has 0 rings (SSSR count). The van der Waals surface area contributed by atoms with Crippen LogP contribution in [0.2, 0.25) is 0 Å². The predicted molar refractivity (Wildman–Crippen MR) is 55.4 cm³/mol. The number of hydrogen-bond donors (Lipinski definition) is 2. The van der Waals surface area contributed by atoms with E-state index >= 15 is 0 Å². The molecule has 0 aliphatic rings. The summed E-state index contributed by atoms with van der Waals surface area (Å²) in [6.07, 6.45) is 0.744. The SMILES string of the molecule is CCC(C=S(=O)=O)(CS)CS. The second-order valence-corrected chi connectivity index (χ2v) is 3.80. The molecule has 0 heterocycles. The average Bonchev–Trinajstić information content (AvgIpc) is 2.00. The molecule has 0 fully saturated rings. The van der Waals surface area contributed by atoms with E-state index < -0.39 is 10.3 Å². The van der Waals surface area contributed by atoms with Crippen molar-refractivity contribution in [3.63, 3.8) is 0 Å². The molecule has 0 aromatic heterocycles. The maximum atomic E-state index is 10.4. The van der Waals surface area contributed by atoms with Gasteiger partial charge in [0.2, 0.25) is 10.3 Å². The summed E-state index contributed by atoms with van der Waals surface area (Å²) in [5, 5.41) is 1.28. The maximum Gasteiger partial charge on any atom is 0.210 e. The third-order valence-corrected chi connectivity index (χ3v) is 3.63. The molecular weight excluding hydrogens is 200 g/mol. The molecule has 0 aromatic rings. The normalized spacial score (nSPS) is 11.2. The van der Waals surface area contributed by atoms with Gasteiger partial charge in [-0.3, -0.25) is 0 Å². The van der Waals surface area contributed by atoms with Crippen molar-refractivity contribution in [2.75, 3.05) is 11.5 Å². The highest BCUT2D eigenvalue weighted by Gasteiger charge is 2.22. The average molecular weight is 212 g/mol. The summed E-state index contributed by atoms with van der Waals surface area (Å²) in [6, 6.07) is 0. The second-order valence-electron chi connectivity index (χ2n) is 2.41. The molecule has 66 valence electrons. The van der Waals surface area contributed by atoms with Crippen LogP contribution in [0.3, 0.4) is 0 Å². The minimum absolute atomic E-state index is 0.362. The van der Waals surface area contributed by atoms with Gasteiger partial charge in [-0.25, -0.2) is 0 Å². The molecule has 0 saturated carbocycles. The zero-order valence-electron chi connectivity index (χ0n) is 6.32. The smallest absolute Gasteiger partial charge is 0.185 e. The molecule has 0 N–H and O–H groups in total. The first kappa shape index (κ1) is 11.4. The van der Waals surface area contributed by atoms with Crippen molar-refractivity contribution in [2.24, 2.45) is 5.41 Å². The third-order valence-electron chi connectivity index (χ3n) is 1.68. The minimum Gasteiger partial charge on any atom is -0.185 e. The van der Waals surface area contributed by atoms with Crippen LogP contribution in [0, 0.1) is 5.41 Å². The Morgan fingerprint density at radius 1 is 1.36 bits per heavy atom. The lowest BCUT2D eigenvalue weighted by molar-refractivity contribution is 0.544. The van der Waals surface area contributed by atoms with E-state index in [0.717, 1.165) is 6.42 Å². The summed E-state index contributed by atoms with van der Waals surface area (Å²) in [5.41, 5.74) is -0.362. The lowest BCUT2D eigenvalue weighted by Crippen LogP contribution is -2.26. The van der Waals surface area contributed by atoms with Gasteiger partial charge in [0.1, 0.15) is 0 Å². The van der Waals surface area contributed by atoms with Gasteiger partial charge < -0.3 is 0 Å². The fourth-order valence-electron chi connectivity index (χ4n) is 0.636. The Hall–Kier alpha value is 0.390. The molecule has 0 atom stereocenters. The summed E-state index contributed by atoms with van der Waals surface area (Å²) in [6.45, 7) is 1.93. The molecule has 0 saturated heterocycles. The number of rotatable bonds is 4. The molecule has 0 aromatic carbocycles. The number of hydrogen-bond acceptors (Lipinski definition) is 4. The van der Waals surface area contributed by atoms with Crippen LogP contribution < -0.4 is 0 Å². The minimum atomic E-state index is -2.11. The Bertz CT molecular complexity index is 210. The van der Waals surface area contributed by atoms with E-state index in [4.69, 9.17) is 0 Å². The van der Waals surface area contributed by atoms with Crippen molar-refractivity contribution < 1.29 is 8.42 Å². The molecule has 0 aliphatic heterocycles. The van der Waals surface area contributed by atoms with Gasteiger partial charge in [-0.2, -0.15) is 33.7 Å². The first-order valence-corrected chi connectivity index (χ1v) is 5.66. The van der Waals surface area contributed by atoms with E-state index in [1.807, 2.05) is 6.92 Å².